The predicted molar refractivity (Wildman–Crippen MR) is 81.3 cm³/mol. The molecule has 3 nitrogen and oxygen atoms in total. The Morgan fingerprint density at radius 3 is 2.37 bits per heavy atom. The highest BCUT2D eigenvalue weighted by Crippen LogP contribution is 2.07. The van der Waals surface area contributed by atoms with E-state index in [1.807, 2.05) is 0 Å². The van der Waals surface area contributed by atoms with Gasteiger partial charge in [-0.05, 0) is 33.4 Å². The van der Waals surface area contributed by atoms with Crippen molar-refractivity contribution in [1.29, 1.82) is 0 Å². The Hall–Kier alpha value is -0.900. The summed E-state index contributed by atoms with van der Waals surface area (Å²) in [4.78, 5) is 2.34. The molecule has 108 valence electrons. The lowest BCUT2D eigenvalue weighted by Crippen LogP contribution is -2.48. The average Bonchev–Trinajstić information content (AvgIpc) is 2.34. The summed E-state index contributed by atoms with van der Waals surface area (Å²) in [7, 11) is 3.92. The molecular weight excluding hydrogens is 236 g/mol. The van der Waals surface area contributed by atoms with Gasteiger partial charge in [0.05, 0.1) is 6.61 Å². The molecule has 0 amide bonds. The minimum Gasteiger partial charge on any atom is -0.383 e. The van der Waals surface area contributed by atoms with Gasteiger partial charge in [-0.1, -0.05) is 30.3 Å². The Bertz CT molecular complexity index is 346. The van der Waals surface area contributed by atoms with Gasteiger partial charge < -0.3 is 10.1 Å². The molecule has 0 bridgehead atoms. The lowest BCUT2D eigenvalue weighted by Gasteiger charge is -2.31. The summed E-state index contributed by atoms with van der Waals surface area (Å²) in [5.74, 6) is 0. The van der Waals surface area contributed by atoms with Crippen LogP contribution in [0.2, 0.25) is 0 Å². The van der Waals surface area contributed by atoms with E-state index >= 15 is 0 Å². The number of ether oxygens (including phenoxy) is 1. The van der Waals surface area contributed by atoms with E-state index in [9.17, 15) is 0 Å². The third-order valence-corrected chi connectivity index (χ3v) is 3.13. The largest absolute Gasteiger partial charge is 0.383 e. The molecule has 0 aromatic heterocycles. The average molecular weight is 264 g/mol. The third kappa shape index (κ3) is 6.71. The topological polar surface area (TPSA) is 24.5 Å². The fraction of sp³-hybridized carbons (Fsp3) is 0.625. The van der Waals surface area contributed by atoms with E-state index in [4.69, 9.17) is 4.74 Å². The highest BCUT2D eigenvalue weighted by atomic mass is 16.5. The first-order chi connectivity index (χ1) is 8.92. The van der Waals surface area contributed by atoms with Crippen molar-refractivity contribution in [3.63, 3.8) is 0 Å². The van der Waals surface area contributed by atoms with Crippen LogP contribution in [0, 0.1) is 0 Å². The van der Waals surface area contributed by atoms with Crippen LogP contribution in [0.3, 0.4) is 0 Å². The molecule has 0 aliphatic heterocycles. The van der Waals surface area contributed by atoms with Crippen LogP contribution in [0.5, 0.6) is 0 Å². The first-order valence-corrected chi connectivity index (χ1v) is 6.90. The Labute approximate surface area is 118 Å². The van der Waals surface area contributed by atoms with E-state index in [-0.39, 0.29) is 5.54 Å². The second-order valence-electron chi connectivity index (χ2n) is 6.14. The maximum Gasteiger partial charge on any atom is 0.0630 e. The van der Waals surface area contributed by atoms with Gasteiger partial charge in [0.15, 0.2) is 0 Å². The van der Waals surface area contributed by atoms with Crippen LogP contribution in [0.25, 0.3) is 0 Å². The number of hydrogen-bond acceptors (Lipinski definition) is 3. The Kier molecular flexibility index (Phi) is 6.49. The van der Waals surface area contributed by atoms with Crippen molar-refractivity contribution in [2.24, 2.45) is 0 Å². The number of hydrogen-bond donors (Lipinski definition) is 1. The maximum atomic E-state index is 5.35. The van der Waals surface area contributed by atoms with Crippen LogP contribution in [0.1, 0.15) is 26.3 Å². The molecule has 0 heterocycles. The molecule has 1 aromatic carbocycles. The van der Waals surface area contributed by atoms with Crippen molar-refractivity contribution < 1.29 is 4.74 Å². The zero-order chi connectivity index (χ0) is 14.3. The molecule has 0 saturated carbocycles. The Morgan fingerprint density at radius 2 is 1.84 bits per heavy atom. The van der Waals surface area contributed by atoms with Crippen LogP contribution in [0.4, 0.5) is 0 Å². The SMILES string of the molecule is COCC(CNC(C)(C)C)N(C)Cc1ccccc1. The van der Waals surface area contributed by atoms with Gasteiger partial charge in [0, 0.05) is 31.8 Å². The van der Waals surface area contributed by atoms with E-state index in [1.54, 1.807) is 7.11 Å². The van der Waals surface area contributed by atoms with Crippen LogP contribution < -0.4 is 5.32 Å². The number of benzene rings is 1. The zero-order valence-corrected chi connectivity index (χ0v) is 12.9. The summed E-state index contributed by atoms with van der Waals surface area (Å²) in [6.45, 7) is 9.18. The quantitative estimate of drug-likeness (QED) is 0.819. The van der Waals surface area contributed by atoms with E-state index in [0.29, 0.717) is 6.04 Å². The molecule has 0 aliphatic rings. The van der Waals surface area contributed by atoms with Crippen molar-refractivity contribution in [1.82, 2.24) is 10.2 Å². The number of nitrogens with zero attached hydrogens (tertiary/aromatic N) is 1. The molecule has 19 heavy (non-hydrogen) atoms. The van der Waals surface area contributed by atoms with Gasteiger partial charge in [0.25, 0.3) is 0 Å². The fourth-order valence-corrected chi connectivity index (χ4v) is 1.96. The van der Waals surface area contributed by atoms with Crippen LogP contribution in [-0.2, 0) is 11.3 Å². The molecular formula is C16H28N2O. The van der Waals surface area contributed by atoms with Crippen molar-refractivity contribution in [3.8, 4) is 0 Å². The second kappa shape index (κ2) is 7.63. The van der Waals surface area contributed by atoms with Gasteiger partial charge >= 0.3 is 0 Å². The molecule has 0 fully saturated rings. The van der Waals surface area contributed by atoms with Crippen molar-refractivity contribution in [3.05, 3.63) is 35.9 Å². The van der Waals surface area contributed by atoms with Gasteiger partial charge in [-0.2, -0.15) is 0 Å². The highest BCUT2D eigenvalue weighted by molar-refractivity contribution is 5.14. The standard InChI is InChI=1S/C16H28N2O/c1-16(2,3)17-11-15(13-19-5)18(4)12-14-9-7-6-8-10-14/h6-10,15,17H,11-13H2,1-5H3. The molecule has 0 aliphatic carbocycles. The highest BCUT2D eigenvalue weighted by Gasteiger charge is 2.18. The summed E-state index contributed by atoms with van der Waals surface area (Å²) in [6.07, 6.45) is 0. The third-order valence-electron chi connectivity index (χ3n) is 3.13. The fourth-order valence-electron chi connectivity index (χ4n) is 1.96. The Balaban J connectivity index is 2.54. The minimum absolute atomic E-state index is 0.138. The smallest absolute Gasteiger partial charge is 0.0630 e. The summed E-state index contributed by atoms with van der Waals surface area (Å²) in [5, 5.41) is 3.55. The van der Waals surface area contributed by atoms with Crippen LogP contribution >= 0.6 is 0 Å². The lowest BCUT2D eigenvalue weighted by molar-refractivity contribution is 0.0972. The van der Waals surface area contributed by atoms with Crippen molar-refractivity contribution in [2.75, 3.05) is 27.3 Å². The van der Waals surface area contributed by atoms with Gasteiger partial charge in [-0.25, -0.2) is 0 Å². The van der Waals surface area contributed by atoms with Gasteiger partial charge in [0.1, 0.15) is 0 Å². The molecule has 0 radical (unpaired) electrons. The summed E-state index contributed by atoms with van der Waals surface area (Å²) in [5.41, 5.74) is 1.47. The van der Waals surface area contributed by atoms with Gasteiger partial charge in [-0.3, -0.25) is 4.90 Å². The van der Waals surface area contributed by atoms with E-state index in [2.05, 4.69) is 68.4 Å². The summed E-state index contributed by atoms with van der Waals surface area (Å²) in [6, 6.07) is 10.9. The van der Waals surface area contributed by atoms with Crippen LogP contribution in [0.15, 0.2) is 30.3 Å². The molecule has 0 spiro atoms. The van der Waals surface area contributed by atoms with Gasteiger partial charge in [-0.15, -0.1) is 0 Å². The van der Waals surface area contributed by atoms with E-state index in [1.165, 1.54) is 5.56 Å². The molecule has 1 unspecified atom stereocenters. The summed E-state index contributed by atoms with van der Waals surface area (Å²) < 4.78 is 5.35. The molecule has 1 atom stereocenters. The molecule has 3 heteroatoms. The number of methoxy groups -OCH3 is 1. The predicted octanol–water partition coefficient (Wildman–Crippen LogP) is 2.52. The van der Waals surface area contributed by atoms with E-state index < -0.39 is 0 Å². The van der Waals surface area contributed by atoms with Crippen LogP contribution in [-0.4, -0.2) is 43.8 Å². The second-order valence-corrected chi connectivity index (χ2v) is 6.14. The molecule has 1 rings (SSSR count). The Morgan fingerprint density at radius 1 is 1.21 bits per heavy atom. The van der Waals surface area contributed by atoms with Gasteiger partial charge in [0.2, 0.25) is 0 Å². The monoisotopic (exact) mass is 264 g/mol. The summed E-state index contributed by atoms with van der Waals surface area (Å²) >= 11 is 0. The zero-order valence-electron chi connectivity index (χ0n) is 12.9. The number of rotatable bonds is 7. The molecule has 1 aromatic rings. The molecule has 1 N–H and O–H groups in total. The normalized spacial score (nSPS) is 13.8. The minimum atomic E-state index is 0.138. The first-order valence-electron chi connectivity index (χ1n) is 6.90. The number of nitrogens with one attached hydrogen (secondary N) is 1. The number of likely N-dealkylation sites (N-methyl/N-ethyl adjacent to an activating group) is 1. The first kappa shape index (κ1) is 16.2. The van der Waals surface area contributed by atoms with Crippen molar-refractivity contribution >= 4 is 0 Å². The maximum absolute atomic E-state index is 5.35. The lowest BCUT2D eigenvalue weighted by atomic mass is 10.1. The molecule has 0 saturated heterocycles. The van der Waals surface area contributed by atoms with Crippen molar-refractivity contribution in [2.45, 2.75) is 38.9 Å². The van der Waals surface area contributed by atoms with E-state index in [0.717, 1.165) is 19.7 Å².